The molecule has 0 aliphatic rings. The molecule has 148 valence electrons. The topological polar surface area (TPSA) is 35.5 Å². The third kappa shape index (κ3) is 5.58. The predicted octanol–water partition coefficient (Wildman–Crippen LogP) is 6.08. The number of methoxy groups -OCH3 is 1. The second-order valence-corrected chi connectivity index (χ2v) is 7.02. The van der Waals surface area contributed by atoms with Crippen molar-refractivity contribution >= 4 is 5.97 Å². The Morgan fingerprint density at radius 2 is 1.24 bits per heavy atom. The van der Waals surface area contributed by atoms with Gasteiger partial charge < -0.3 is 9.47 Å². The first-order valence-corrected chi connectivity index (χ1v) is 9.73. The molecule has 0 radical (unpaired) electrons. The van der Waals surface area contributed by atoms with E-state index in [0.29, 0.717) is 12.2 Å². The maximum Gasteiger partial charge on any atom is 0.333 e. The average Bonchev–Trinajstić information content (AvgIpc) is 2.77. The van der Waals surface area contributed by atoms with Crippen LogP contribution in [0.3, 0.4) is 0 Å². The zero-order valence-electron chi connectivity index (χ0n) is 17.0. The summed E-state index contributed by atoms with van der Waals surface area (Å²) < 4.78 is 10.4. The van der Waals surface area contributed by atoms with Crippen LogP contribution in [0.2, 0.25) is 0 Å². The van der Waals surface area contributed by atoms with Gasteiger partial charge in [-0.3, -0.25) is 0 Å². The molecular weight excluding hydrogens is 360 g/mol. The summed E-state index contributed by atoms with van der Waals surface area (Å²) in [6.45, 7) is 5.65. The predicted molar refractivity (Wildman–Crippen MR) is 118 cm³/mol. The van der Waals surface area contributed by atoms with E-state index in [-0.39, 0.29) is 5.97 Å². The summed E-state index contributed by atoms with van der Waals surface area (Å²) in [4.78, 5) is 11.4. The Balaban J connectivity index is 1.58. The number of carbonyl (C=O) groups is 1. The van der Waals surface area contributed by atoms with Gasteiger partial charge in [-0.05, 0) is 59.7 Å². The van der Waals surface area contributed by atoms with Crippen molar-refractivity contribution in [3.8, 4) is 28.0 Å². The molecule has 3 nitrogen and oxygen atoms in total. The van der Waals surface area contributed by atoms with Gasteiger partial charge in [0.1, 0.15) is 5.75 Å². The average molecular weight is 386 g/mol. The van der Waals surface area contributed by atoms with E-state index in [9.17, 15) is 4.79 Å². The van der Waals surface area contributed by atoms with Crippen LogP contribution in [0, 0.1) is 0 Å². The van der Waals surface area contributed by atoms with Crippen LogP contribution in [0.1, 0.15) is 18.9 Å². The molecule has 3 rings (SSSR count). The molecule has 0 N–H and O–H groups in total. The van der Waals surface area contributed by atoms with E-state index < -0.39 is 0 Å². The molecule has 0 aliphatic heterocycles. The number of esters is 1. The van der Waals surface area contributed by atoms with Crippen LogP contribution in [-0.2, 0) is 16.0 Å². The standard InChI is InChI=1S/C26H26O3/c1-19(2)26(27)29-18-4-5-20-6-8-21(9-7-20)22-10-12-23(13-11-22)24-14-16-25(28-3)17-15-24/h6-17H,1,4-5,18H2,2-3H3. The lowest BCUT2D eigenvalue weighted by molar-refractivity contribution is -0.139. The van der Waals surface area contributed by atoms with Crippen LogP contribution in [0.5, 0.6) is 5.75 Å². The molecule has 3 aromatic carbocycles. The van der Waals surface area contributed by atoms with Crippen molar-refractivity contribution in [2.75, 3.05) is 13.7 Å². The molecule has 0 saturated carbocycles. The fourth-order valence-electron chi connectivity index (χ4n) is 3.07. The minimum absolute atomic E-state index is 0.321. The largest absolute Gasteiger partial charge is 0.497 e. The number of carbonyl (C=O) groups excluding carboxylic acids is 1. The lowest BCUT2D eigenvalue weighted by Crippen LogP contribution is -2.06. The van der Waals surface area contributed by atoms with Crippen molar-refractivity contribution in [3.05, 3.63) is 90.5 Å². The van der Waals surface area contributed by atoms with Gasteiger partial charge in [0.15, 0.2) is 0 Å². The molecule has 0 fully saturated rings. The number of hydrogen-bond donors (Lipinski definition) is 0. The fraction of sp³-hybridized carbons (Fsp3) is 0.192. The Hall–Kier alpha value is -3.33. The zero-order valence-corrected chi connectivity index (χ0v) is 17.0. The van der Waals surface area contributed by atoms with Crippen molar-refractivity contribution < 1.29 is 14.3 Å². The normalized spacial score (nSPS) is 10.4. The van der Waals surface area contributed by atoms with Crippen molar-refractivity contribution in [2.24, 2.45) is 0 Å². The van der Waals surface area contributed by atoms with E-state index in [0.717, 1.165) is 18.6 Å². The third-order valence-electron chi connectivity index (χ3n) is 4.79. The van der Waals surface area contributed by atoms with Crippen LogP contribution in [-0.4, -0.2) is 19.7 Å². The van der Waals surface area contributed by atoms with Gasteiger partial charge in [0.25, 0.3) is 0 Å². The lowest BCUT2D eigenvalue weighted by Gasteiger charge is -2.08. The van der Waals surface area contributed by atoms with Gasteiger partial charge >= 0.3 is 5.97 Å². The first-order chi connectivity index (χ1) is 14.1. The van der Waals surface area contributed by atoms with Crippen LogP contribution >= 0.6 is 0 Å². The van der Waals surface area contributed by atoms with Crippen molar-refractivity contribution in [1.29, 1.82) is 0 Å². The van der Waals surface area contributed by atoms with E-state index >= 15 is 0 Å². The van der Waals surface area contributed by atoms with E-state index in [1.165, 1.54) is 27.8 Å². The van der Waals surface area contributed by atoms with Gasteiger partial charge in [-0.15, -0.1) is 0 Å². The van der Waals surface area contributed by atoms with Crippen molar-refractivity contribution in [2.45, 2.75) is 19.8 Å². The first kappa shape index (κ1) is 20.4. The Morgan fingerprint density at radius 3 is 1.69 bits per heavy atom. The number of hydrogen-bond acceptors (Lipinski definition) is 3. The van der Waals surface area contributed by atoms with Crippen LogP contribution in [0.15, 0.2) is 84.9 Å². The first-order valence-electron chi connectivity index (χ1n) is 9.73. The molecule has 0 heterocycles. The number of rotatable bonds is 8. The molecule has 0 amide bonds. The maximum atomic E-state index is 11.4. The summed E-state index contributed by atoms with van der Waals surface area (Å²) >= 11 is 0. The highest BCUT2D eigenvalue weighted by Gasteiger charge is 2.04. The summed E-state index contributed by atoms with van der Waals surface area (Å²) in [7, 11) is 1.67. The van der Waals surface area contributed by atoms with Crippen LogP contribution in [0.25, 0.3) is 22.3 Å². The SMILES string of the molecule is C=C(C)C(=O)OCCCc1ccc(-c2ccc(-c3ccc(OC)cc3)cc2)cc1. The van der Waals surface area contributed by atoms with Gasteiger partial charge in [-0.1, -0.05) is 67.2 Å². The smallest absolute Gasteiger partial charge is 0.333 e. The number of aryl methyl sites for hydroxylation is 1. The van der Waals surface area contributed by atoms with Crippen LogP contribution < -0.4 is 4.74 Å². The Morgan fingerprint density at radius 1 is 0.793 bits per heavy atom. The van der Waals surface area contributed by atoms with Crippen molar-refractivity contribution in [3.63, 3.8) is 0 Å². The lowest BCUT2D eigenvalue weighted by atomic mass is 9.99. The molecule has 0 saturated heterocycles. The number of ether oxygens (including phenoxy) is 2. The summed E-state index contributed by atoms with van der Waals surface area (Å²) in [5.41, 5.74) is 6.38. The Kier molecular flexibility index (Phi) is 6.85. The molecule has 0 aliphatic carbocycles. The maximum absolute atomic E-state index is 11.4. The molecule has 0 atom stereocenters. The highest BCUT2D eigenvalue weighted by molar-refractivity contribution is 5.86. The van der Waals surface area contributed by atoms with Gasteiger partial charge in [0.05, 0.1) is 13.7 Å². The van der Waals surface area contributed by atoms with E-state index in [4.69, 9.17) is 9.47 Å². The van der Waals surface area contributed by atoms with Crippen LogP contribution in [0.4, 0.5) is 0 Å². The van der Waals surface area contributed by atoms with Gasteiger partial charge in [-0.25, -0.2) is 4.79 Å². The highest BCUT2D eigenvalue weighted by atomic mass is 16.5. The zero-order chi connectivity index (χ0) is 20.6. The van der Waals surface area contributed by atoms with E-state index in [1.54, 1.807) is 14.0 Å². The molecule has 0 aromatic heterocycles. The molecular formula is C26H26O3. The van der Waals surface area contributed by atoms with E-state index in [2.05, 4.69) is 67.2 Å². The summed E-state index contributed by atoms with van der Waals surface area (Å²) in [5.74, 6) is 0.540. The molecule has 0 unspecified atom stereocenters. The highest BCUT2D eigenvalue weighted by Crippen LogP contribution is 2.26. The van der Waals surface area contributed by atoms with Gasteiger partial charge in [0, 0.05) is 5.57 Å². The molecule has 0 bridgehead atoms. The third-order valence-corrected chi connectivity index (χ3v) is 4.79. The second kappa shape index (κ2) is 9.74. The fourth-order valence-corrected chi connectivity index (χ4v) is 3.07. The molecule has 3 heteroatoms. The molecule has 3 aromatic rings. The minimum atomic E-state index is -0.321. The summed E-state index contributed by atoms with van der Waals surface area (Å²) in [5, 5.41) is 0. The van der Waals surface area contributed by atoms with Crippen molar-refractivity contribution in [1.82, 2.24) is 0 Å². The molecule has 29 heavy (non-hydrogen) atoms. The molecule has 0 spiro atoms. The Labute approximate surface area is 172 Å². The second-order valence-electron chi connectivity index (χ2n) is 7.02. The summed E-state index contributed by atoms with van der Waals surface area (Å²) in [6, 6.07) is 25.2. The minimum Gasteiger partial charge on any atom is -0.497 e. The van der Waals surface area contributed by atoms with E-state index in [1.807, 2.05) is 12.1 Å². The monoisotopic (exact) mass is 386 g/mol. The van der Waals surface area contributed by atoms with Gasteiger partial charge in [-0.2, -0.15) is 0 Å². The quantitative estimate of drug-likeness (QED) is 0.267. The van der Waals surface area contributed by atoms with Gasteiger partial charge in [0.2, 0.25) is 0 Å². The summed E-state index contributed by atoms with van der Waals surface area (Å²) in [6.07, 6.45) is 1.68. The Bertz CT molecular complexity index is 952. The number of benzene rings is 3.